The zero-order chi connectivity index (χ0) is 10.2. The minimum Gasteiger partial charge on any atom is -0.207 e. The second kappa shape index (κ2) is 3.25. The lowest BCUT2D eigenvalue weighted by Gasteiger charge is -2.18. The van der Waals surface area contributed by atoms with E-state index in [1.54, 1.807) is 6.07 Å². The molecule has 1 aliphatic rings. The molecule has 0 fully saturated rings. The quantitative estimate of drug-likeness (QED) is 0.653. The Hall–Kier alpha value is -1.07. The van der Waals surface area contributed by atoms with E-state index in [4.69, 9.17) is 16.9 Å². The van der Waals surface area contributed by atoms with Crippen molar-refractivity contribution in [3.8, 4) is 6.07 Å². The van der Waals surface area contributed by atoms with Crippen molar-refractivity contribution in [2.45, 2.75) is 18.3 Å². The minimum atomic E-state index is -0.593. The smallest absolute Gasteiger partial charge is 0.123 e. The first kappa shape index (κ1) is 9.48. The molecule has 0 aromatic heterocycles. The van der Waals surface area contributed by atoms with Crippen LogP contribution in [-0.2, 0) is 11.8 Å². The summed E-state index contributed by atoms with van der Waals surface area (Å²) in [5.41, 5.74) is 1.23. The fourth-order valence-corrected chi connectivity index (χ4v) is 2.34. The van der Waals surface area contributed by atoms with Crippen molar-refractivity contribution in [1.82, 2.24) is 0 Å². The predicted molar refractivity (Wildman–Crippen MR) is 52.7 cm³/mol. The van der Waals surface area contributed by atoms with E-state index < -0.39 is 5.41 Å². The fraction of sp³-hybridized carbons (Fsp3) is 0.364. The Labute approximate surface area is 87.1 Å². The molecule has 0 radical (unpaired) electrons. The highest BCUT2D eigenvalue weighted by molar-refractivity contribution is 6.19. The van der Waals surface area contributed by atoms with Crippen LogP contribution in [0.3, 0.4) is 0 Å². The molecular weight excluding hydrogens is 201 g/mol. The van der Waals surface area contributed by atoms with Crippen molar-refractivity contribution >= 4 is 11.6 Å². The van der Waals surface area contributed by atoms with Gasteiger partial charge in [-0.15, -0.1) is 11.6 Å². The summed E-state index contributed by atoms with van der Waals surface area (Å²) >= 11 is 5.82. The molecule has 0 heterocycles. The third-order valence-electron chi connectivity index (χ3n) is 2.85. The number of fused-ring (bicyclic) bond motifs is 1. The van der Waals surface area contributed by atoms with E-state index in [1.807, 2.05) is 0 Å². The van der Waals surface area contributed by atoms with Crippen LogP contribution in [0.1, 0.15) is 17.5 Å². The molecule has 1 aromatic rings. The summed E-state index contributed by atoms with van der Waals surface area (Å²) in [5, 5.41) is 9.10. The molecule has 2 rings (SSSR count). The Morgan fingerprint density at radius 2 is 2.36 bits per heavy atom. The molecule has 0 amide bonds. The molecule has 1 aliphatic carbocycles. The van der Waals surface area contributed by atoms with Crippen molar-refractivity contribution in [3.05, 3.63) is 35.1 Å². The molecule has 72 valence electrons. The molecule has 0 N–H and O–H groups in total. The van der Waals surface area contributed by atoms with Crippen LogP contribution >= 0.6 is 11.6 Å². The Morgan fingerprint density at radius 1 is 1.57 bits per heavy atom. The number of nitrogens with zero attached hydrogens (tertiary/aromatic N) is 1. The Morgan fingerprint density at radius 3 is 3.00 bits per heavy atom. The van der Waals surface area contributed by atoms with Gasteiger partial charge < -0.3 is 0 Å². The fourth-order valence-electron chi connectivity index (χ4n) is 2.00. The van der Waals surface area contributed by atoms with Crippen LogP contribution in [-0.4, -0.2) is 5.88 Å². The number of benzene rings is 1. The highest BCUT2D eigenvalue weighted by Crippen LogP contribution is 2.39. The first-order valence-electron chi connectivity index (χ1n) is 4.48. The van der Waals surface area contributed by atoms with Gasteiger partial charge in [-0.2, -0.15) is 5.26 Å². The topological polar surface area (TPSA) is 23.8 Å². The van der Waals surface area contributed by atoms with Crippen LogP contribution in [0.15, 0.2) is 18.2 Å². The number of aryl methyl sites for hydroxylation is 1. The normalized spacial score (nSPS) is 24.4. The first-order valence-corrected chi connectivity index (χ1v) is 5.01. The summed E-state index contributed by atoms with van der Waals surface area (Å²) in [6.45, 7) is 0. The van der Waals surface area contributed by atoms with Crippen molar-refractivity contribution in [3.63, 3.8) is 0 Å². The molecule has 0 saturated carbocycles. The van der Waals surface area contributed by atoms with Gasteiger partial charge in [0.05, 0.1) is 11.5 Å². The Balaban J connectivity index is 2.55. The number of hydrogen-bond acceptors (Lipinski definition) is 1. The van der Waals surface area contributed by atoms with Crippen molar-refractivity contribution < 1.29 is 4.39 Å². The lowest BCUT2D eigenvalue weighted by Crippen LogP contribution is -2.22. The number of halogens is 2. The maximum Gasteiger partial charge on any atom is 0.123 e. The second-order valence-corrected chi connectivity index (χ2v) is 3.90. The largest absolute Gasteiger partial charge is 0.207 e. The van der Waals surface area contributed by atoms with Crippen molar-refractivity contribution in [2.24, 2.45) is 0 Å². The molecule has 14 heavy (non-hydrogen) atoms. The van der Waals surface area contributed by atoms with E-state index in [1.165, 1.54) is 12.1 Å². The lowest BCUT2D eigenvalue weighted by molar-refractivity contribution is 0.609. The zero-order valence-electron chi connectivity index (χ0n) is 7.56. The van der Waals surface area contributed by atoms with Crippen LogP contribution in [0.2, 0.25) is 0 Å². The van der Waals surface area contributed by atoms with Gasteiger partial charge in [0, 0.05) is 5.88 Å². The van der Waals surface area contributed by atoms with Gasteiger partial charge in [0.25, 0.3) is 0 Å². The molecule has 0 saturated heterocycles. The van der Waals surface area contributed by atoms with Crippen molar-refractivity contribution in [2.75, 3.05) is 5.88 Å². The van der Waals surface area contributed by atoms with Crippen LogP contribution in [0.25, 0.3) is 0 Å². The molecule has 1 aromatic carbocycles. The minimum absolute atomic E-state index is 0.243. The summed E-state index contributed by atoms with van der Waals surface area (Å²) in [6, 6.07) is 6.82. The Bertz CT molecular complexity index is 410. The summed E-state index contributed by atoms with van der Waals surface area (Å²) in [5.74, 6) is 0.0364. The van der Waals surface area contributed by atoms with E-state index in [-0.39, 0.29) is 11.7 Å². The SMILES string of the molecule is N#CC1(CCl)CCc2cc(F)ccc21. The lowest BCUT2D eigenvalue weighted by atomic mass is 9.86. The van der Waals surface area contributed by atoms with Gasteiger partial charge in [-0.25, -0.2) is 4.39 Å². The summed E-state index contributed by atoms with van der Waals surface area (Å²) in [7, 11) is 0. The van der Waals surface area contributed by atoms with Crippen LogP contribution < -0.4 is 0 Å². The highest BCUT2D eigenvalue weighted by Gasteiger charge is 2.38. The number of alkyl halides is 1. The maximum atomic E-state index is 12.9. The number of hydrogen-bond donors (Lipinski definition) is 0. The number of nitriles is 1. The van der Waals surface area contributed by atoms with Crippen LogP contribution in [0.4, 0.5) is 4.39 Å². The van der Waals surface area contributed by atoms with Crippen molar-refractivity contribution in [1.29, 1.82) is 5.26 Å². The number of rotatable bonds is 1. The zero-order valence-corrected chi connectivity index (χ0v) is 8.31. The van der Waals surface area contributed by atoms with Gasteiger partial charge in [-0.3, -0.25) is 0 Å². The molecule has 1 unspecified atom stereocenters. The molecule has 1 nitrogen and oxygen atoms in total. The van der Waals surface area contributed by atoms with Gasteiger partial charge in [-0.05, 0) is 36.1 Å². The monoisotopic (exact) mass is 209 g/mol. The van der Waals surface area contributed by atoms with Gasteiger partial charge in [0.15, 0.2) is 0 Å². The average Bonchev–Trinajstić information content (AvgIpc) is 2.56. The third-order valence-corrected chi connectivity index (χ3v) is 3.30. The van der Waals surface area contributed by atoms with Crippen LogP contribution in [0, 0.1) is 17.1 Å². The molecule has 0 spiro atoms. The molecule has 0 bridgehead atoms. The summed E-state index contributed by atoms with van der Waals surface area (Å²) in [6.07, 6.45) is 1.44. The Kier molecular flexibility index (Phi) is 2.20. The molecule has 3 heteroatoms. The van der Waals surface area contributed by atoms with Gasteiger partial charge in [0.2, 0.25) is 0 Å². The standard InChI is InChI=1S/C11H9ClFN/c12-6-11(7-14)4-3-8-5-9(13)1-2-10(8)11/h1-2,5H,3-4,6H2. The summed E-state index contributed by atoms with van der Waals surface area (Å²) in [4.78, 5) is 0. The third kappa shape index (κ3) is 1.20. The average molecular weight is 210 g/mol. The molecular formula is C11H9ClFN. The first-order chi connectivity index (χ1) is 6.72. The van der Waals surface area contributed by atoms with Gasteiger partial charge >= 0.3 is 0 Å². The van der Waals surface area contributed by atoms with E-state index in [0.717, 1.165) is 17.5 Å². The summed E-state index contributed by atoms with van der Waals surface area (Å²) < 4.78 is 12.9. The van der Waals surface area contributed by atoms with E-state index in [0.29, 0.717) is 6.42 Å². The van der Waals surface area contributed by atoms with Gasteiger partial charge in [-0.1, -0.05) is 6.07 Å². The second-order valence-electron chi connectivity index (χ2n) is 3.63. The van der Waals surface area contributed by atoms with Crippen LogP contribution in [0.5, 0.6) is 0 Å². The predicted octanol–water partition coefficient (Wildman–Crippen LogP) is 2.77. The molecule has 0 aliphatic heterocycles. The van der Waals surface area contributed by atoms with Gasteiger partial charge in [0.1, 0.15) is 5.82 Å². The maximum absolute atomic E-state index is 12.9. The van der Waals surface area contributed by atoms with E-state index in [9.17, 15) is 4.39 Å². The highest BCUT2D eigenvalue weighted by atomic mass is 35.5. The van der Waals surface area contributed by atoms with E-state index >= 15 is 0 Å². The molecule has 1 atom stereocenters. The van der Waals surface area contributed by atoms with E-state index in [2.05, 4.69) is 6.07 Å².